The predicted molar refractivity (Wildman–Crippen MR) is 107 cm³/mol. The van der Waals surface area contributed by atoms with E-state index in [1.54, 1.807) is 23.4 Å². The van der Waals surface area contributed by atoms with Crippen LogP contribution in [0.25, 0.3) is 11.3 Å². The van der Waals surface area contributed by atoms with Gasteiger partial charge in [0.15, 0.2) is 0 Å². The summed E-state index contributed by atoms with van der Waals surface area (Å²) in [6.45, 7) is 5.38. The quantitative estimate of drug-likeness (QED) is 0.676. The molecule has 0 aromatic carbocycles. The Morgan fingerprint density at radius 3 is 2.83 bits per heavy atom. The molecule has 1 aliphatic rings. The summed E-state index contributed by atoms with van der Waals surface area (Å²) in [6.07, 6.45) is 8.97. The highest BCUT2D eigenvalue weighted by Gasteiger charge is 2.23. The predicted octanol–water partition coefficient (Wildman–Crippen LogP) is 2.97. The highest BCUT2D eigenvalue weighted by atomic mass is 16.5. The van der Waals surface area contributed by atoms with E-state index in [1.165, 1.54) is 0 Å². The molecule has 1 atom stereocenters. The van der Waals surface area contributed by atoms with E-state index < -0.39 is 0 Å². The van der Waals surface area contributed by atoms with Crippen LogP contribution in [-0.4, -0.2) is 48.8 Å². The van der Waals surface area contributed by atoms with Gasteiger partial charge < -0.3 is 9.42 Å². The molecule has 8 nitrogen and oxygen atoms in total. The molecule has 4 rings (SSSR count). The standard InChI is InChI=1S/C21H26N6O2/c1-14-20(15(2)29-25-14)19-10-18(22-13-23-19)9-16-5-4-7-27(8-6-16)21(28)17-11-24-26(3)12-17/h10-13,16H,4-9H2,1-3H3/t16-/m1/s1. The van der Waals surface area contributed by atoms with Crippen molar-refractivity contribution in [3.63, 3.8) is 0 Å². The first kappa shape index (κ1) is 19.3. The molecule has 0 radical (unpaired) electrons. The summed E-state index contributed by atoms with van der Waals surface area (Å²) >= 11 is 0. The van der Waals surface area contributed by atoms with E-state index >= 15 is 0 Å². The SMILES string of the molecule is Cc1noc(C)c1-c1cc(C[C@@H]2CCCN(C(=O)c3cnn(C)c3)CC2)ncn1. The number of hydrogen-bond donors (Lipinski definition) is 0. The lowest BCUT2D eigenvalue weighted by atomic mass is 9.94. The first-order valence-corrected chi connectivity index (χ1v) is 10.0. The van der Waals surface area contributed by atoms with Crippen LogP contribution in [-0.2, 0) is 13.5 Å². The van der Waals surface area contributed by atoms with E-state index in [2.05, 4.69) is 20.2 Å². The maximum absolute atomic E-state index is 12.7. The third-order valence-electron chi connectivity index (χ3n) is 5.60. The van der Waals surface area contributed by atoms with Gasteiger partial charge in [0, 0.05) is 32.0 Å². The molecule has 1 saturated heterocycles. The summed E-state index contributed by atoms with van der Waals surface area (Å²) in [4.78, 5) is 23.6. The van der Waals surface area contributed by atoms with Crippen molar-refractivity contribution < 1.29 is 9.32 Å². The van der Waals surface area contributed by atoms with Crippen molar-refractivity contribution in [3.05, 3.63) is 47.5 Å². The van der Waals surface area contributed by atoms with Crippen LogP contribution in [0.15, 0.2) is 29.3 Å². The average molecular weight is 394 g/mol. The molecule has 1 amide bonds. The zero-order valence-electron chi connectivity index (χ0n) is 17.1. The van der Waals surface area contributed by atoms with Crippen LogP contribution in [0.4, 0.5) is 0 Å². The summed E-state index contributed by atoms with van der Waals surface area (Å²) in [5, 5.41) is 8.13. The van der Waals surface area contributed by atoms with Crippen LogP contribution in [0, 0.1) is 19.8 Å². The average Bonchev–Trinajstić information content (AvgIpc) is 3.20. The number of carbonyl (C=O) groups excluding carboxylic acids is 1. The highest BCUT2D eigenvalue weighted by Crippen LogP contribution is 2.27. The molecule has 4 heterocycles. The summed E-state index contributed by atoms with van der Waals surface area (Å²) in [5.74, 6) is 1.33. The van der Waals surface area contributed by atoms with Gasteiger partial charge in [0.25, 0.3) is 5.91 Å². The fraction of sp³-hybridized carbons (Fsp3) is 0.476. The van der Waals surface area contributed by atoms with Gasteiger partial charge in [-0.1, -0.05) is 5.16 Å². The molecule has 29 heavy (non-hydrogen) atoms. The topological polar surface area (TPSA) is 89.9 Å². The first-order valence-electron chi connectivity index (χ1n) is 10.0. The van der Waals surface area contributed by atoms with Crippen molar-refractivity contribution in [1.29, 1.82) is 0 Å². The summed E-state index contributed by atoms with van der Waals surface area (Å²) < 4.78 is 6.94. The minimum Gasteiger partial charge on any atom is -0.361 e. The molecular formula is C21H26N6O2. The number of amides is 1. The number of aryl methyl sites for hydroxylation is 3. The van der Waals surface area contributed by atoms with Crippen molar-refractivity contribution >= 4 is 5.91 Å². The minimum absolute atomic E-state index is 0.0708. The van der Waals surface area contributed by atoms with E-state index in [0.29, 0.717) is 11.5 Å². The molecule has 0 bridgehead atoms. The molecule has 1 fully saturated rings. The normalized spacial score (nSPS) is 17.3. The van der Waals surface area contributed by atoms with Crippen molar-refractivity contribution in [2.24, 2.45) is 13.0 Å². The first-order chi connectivity index (χ1) is 14.0. The Balaban J connectivity index is 1.42. The lowest BCUT2D eigenvalue weighted by Crippen LogP contribution is -2.31. The van der Waals surface area contributed by atoms with Gasteiger partial charge in [-0.2, -0.15) is 5.10 Å². The molecule has 0 N–H and O–H groups in total. The maximum Gasteiger partial charge on any atom is 0.257 e. The third-order valence-corrected chi connectivity index (χ3v) is 5.60. The molecule has 0 unspecified atom stereocenters. The van der Waals surface area contributed by atoms with E-state index in [1.807, 2.05) is 31.9 Å². The lowest BCUT2D eigenvalue weighted by Gasteiger charge is -2.20. The van der Waals surface area contributed by atoms with E-state index in [9.17, 15) is 4.79 Å². The Labute approximate surface area is 169 Å². The van der Waals surface area contributed by atoms with Crippen LogP contribution in [0.5, 0.6) is 0 Å². The van der Waals surface area contributed by atoms with Crippen LogP contribution >= 0.6 is 0 Å². The fourth-order valence-electron chi connectivity index (χ4n) is 4.08. The van der Waals surface area contributed by atoms with Gasteiger partial charge in [-0.05, 0) is 51.5 Å². The van der Waals surface area contributed by atoms with Gasteiger partial charge in [-0.15, -0.1) is 0 Å². The van der Waals surface area contributed by atoms with Crippen molar-refractivity contribution in [3.8, 4) is 11.3 Å². The van der Waals surface area contributed by atoms with Gasteiger partial charge in [-0.3, -0.25) is 9.48 Å². The zero-order chi connectivity index (χ0) is 20.4. The monoisotopic (exact) mass is 394 g/mol. The minimum atomic E-state index is 0.0708. The summed E-state index contributed by atoms with van der Waals surface area (Å²) in [6, 6.07) is 2.04. The number of carbonyl (C=O) groups is 1. The lowest BCUT2D eigenvalue weighted by molar-refractivity contribution is 0.0760. The Morgan fingerprint density at radius 1 is 1.24 bits per heavy atom. The molecule has 3 aromatic heterocycles. The number of nitrogens with zero attached hydrogens (tertiary/aromatic N) is 6. The highest BCUT2D eigenvalue weighted by molar-refractivity contribution is 5.93. The second kappa shape index (κ2) is 8.14. The van der Waals surface area contributed by atoms with Crippen LogP contribution in [0.3, 0.4) is 0 Å². The number of hydrogen-bond acceptors (Lipinski definition) is 6. The maximum atomic E-state index is 12.7. The Kier molecular flexibility index (Phi) is 5.42. The molecule has 0 spiro atoms. The van der Waals surface area contributed by atoms with Crippen LogP contribution in [0.1, 0.15) is 46.8 Å². The number of rotatable bonds is 4. The zero-order valence-corrected chi connectivity index (χ0v) is 17.1. The number of aromatic nitrogens is 5. The van der Waals surface area contributed by atoms with Gasteiger partial charge in [-0.25, -0.2) is 9.97 Å². The summed E-state index contributed by atoms with van der Waals surface area (Å²) in [7, 11) is 1.83. The molecule has 1 aliphatic heterocycles. The fourth-order valence-corrected chi connectivity index (χ4v) is 4.08. The van der Waals surface area contributed by atoms with E-state index in [0.717, 1.165) is 67.2 Å². The van der Waals surface area contributed by atoms with Crippen molar-refractivity contribution in [1.82, 2.24) is 29.8 Å². The number of likely N-dealkylation sites (tertiary alicyclic amines) is 1. The van der Waals surface area contributed by atoms with Gasteiger partial charge in [0.1, 0.15) is 12.1 Å². The Bertz CT molecular complexity index is 989. The second-order valence-electron chi connectivity index (χ2n) is 7.79. The molecule has 0 aliphatic carbocycles. The summed E-state index contributed by atoms with van der Waals surface area (Å²) in [5.41, 5.74) is 4.32. The van der Waals surface area contributed by atoms with Crippen molar-refractivity contribution in [2.75, 3.05) is 13.1 Å². The molecule has 8 heteroatoms. The van der Waals surface area contributed by atoms with Crippen LogP contribution in [0.2, 0.25) is 0 Å². The van der Waals surface area contributed by atoms with Crippen LogP contribution < -0.4 is 0 Å². The Hall–Kier alpha value is -3.03. The van der Waals surface area contributed by atoms with Crippen molar-refractivity contribution in [2.45, 2.75) is 39.5 Å². The smallest absolute Gasteiger partial charge is 0.257 e. The molecular weight excluding hydrogens is 368 g/mol. The second-order valence-corrected chi connectivity index (χ2v) is 7.79. The van der Waals surface area contributed by atoms with Gasteiger partial charge in [0.2, 0.25) is 0 Å². The molecule has 3 aromatic rings. The third kappa shape index (κ3) is 4.21. The van der Waals surface area contributed by atoms with Gasteiger partial charge in [0.05, 0.1) is 28.7 Å². The largest absolute Gasteiger partial charge is 0.361 e. The molecule has 0 saturated carbocycles. The molecule has 152 valence electrons. The van der Waals surface area contributed by atoms with E-state index in [4.69, 9.17) is 4.52 Å². The Morgan fingerprint density at radius 2 is 2.10 bits per heavy atom. The van der Waals surface area contributed by atoms with Gasteiger partial charge >= 0.3 is 0 Å². The van der Waals surface area contributed by atoms with E-state index in [-0.39, 0.29) is 5.91 Å².